The maximum absolute atomic E-state index is 5.52. The summed E-state index contributed by atoms with van der Waals surface area (Å²) in [6.45, 7) is 4.04. The molecule has 1 nitrogen and oxygen atoms in total. The largest absolute Gasteiger partial charge is 0.461 e. The van der Waals surface area contributed by atoms with Gasteiger partial charge in [-0.15, -0.1) is 0 Å². The fraction of sp³-hybridized carbons (Fsp3) is 0.231. The number of furan rings is 1. The summed E-state index contributed by atoms with van der Waals surface area (Å²) in [4.78, 5) is 0. The minimum atomic E-state index is 0. The van der Waals surface area contributed by atoms with Gasteiger partial charge in [0.2, 0.25) is 0 Å². The summed E-state index contributed by atoms with van der Waals surface area (Å²) in [7, 11) is 0. The van der Waals surface area contributed by atoms with Crippen LogP contribution in [0, 0.1) is 13.8 Å². The molecule has 0 aliphatic carbocycles. The van der Waals surface area contributed by atoms with E-state index in [0.717, 1.165) is 17.1 Å². The molecule has 0 spiro atoms. The fourth-order valence-electron chi connectivity index (χ4n) is 1.39. The first kappa shape index (κ1) is 10.6. The van der Waals surface area contributed by atoms with Gasteiger partial charge in [-0.3, -0.25) is 0 Å². The van der Waals surface area contributed by atoms with Crippen LogP contribution < -0.4 is 0 Å². The van der Waals surface area contributed by atoms with Gasteiger partial charge in [0.1, 0.15) is 11.5 Å². The second-order valence-corrected chi connectivity index (χ2v) is 3.28. The Balaban J connectivity index is 0.000000980. The first-order chi connectivity index (χ1) is 6.25. The monoisotopic (exact) mass is 188 g/mol. The number of benzene rings is 1. The maximum atomic E-state index is 5.52. The molecule has 2 rings (SSSR count). The van der Waals surface area contributed by atoms with Crippen molar-refractivity contribution in [2.75, 3.05) is 0 Å². The highest BCUT2D eigenvalue weighted by atomic mass is 16.3. The van der Waals surface area contributed by atoms with E-state index < -0.39 is 0 Å². The molecule has 0 saturated carbocycles. The minimum Gasteiger partial charge on any atom is -0.461 e. The molecule has 1 heteroatoms. The van der Waals surface area contributed by atoms with Gasteiger partial charge in [0.05, 0.1) is 0 Å². The van der Waals surface area contributed by atoms with Crippen LogP contribution in [0.25, 0.3) is 11.3 Å². The zero-order chi connectivity index (χ0) is 9.26. The Bertz CT molecular complexity index is 413. The van der Waals surface area contributed by atoms with Gasteiger partial charge in [-0.25, -0.2) is 0 Å². The van der Waals surface area contributed by atoms with Crippen molar-refractivity contribution in [3.63, 3.8) is 0 Å². The average Bonchev–Trinajstić information content (AvgIpc) is 2.52. The van der Waals surface area contributed by atoms with Crippen molar-refractivity contribution >= 4 is 0 Å². The molecule has 0 radical (unpaired) electrons. The molecule has 0 N–H and O–H groups in total. The summed E-state index contributed by atoms with van der Waals surface area (Å²) >= 11 is 0. The highest BCUT2D eigenvalue weighted by molar-refractivity contribution is 5.58. The van der Waals surface area contributed by atoms with Gasteiger partial charge in [0.25, 0.3) is 0 Å². The summed E-state index contributed by atoms with van der Waals surface area (Å²) in [5.74, 6) is 1.90. The van der Waals surface area contributed by atoms with Crippen LogP contribution in [0.3, 0.4) is 0 Å². The quantitative estimate of drug-likeness (QED) is 0.653. The molecule has 1 heterocycles. The molecule has 74 valence electrons. The second-order valence-electron chi connectivity index (χ2n) is 3.28. The fourth-order valence-corrected chi connectivity index (χ4v) is 1.39. The molecule has 0 aliphatic heterocycles. The van der Waals surface area contributed by atoms with E-state index in [-0.39, 0.29) is 7.43 Å². The van der Waals surface area contributed by atoms with E-state index in [1.807, 2.05) is 25.1 Å². The van der Waals surface area contributed by atoms with E-state index in [0.29, 0.717) is 0 Å². The average molecular weight is 188 g/mol. The molecule has 0 unspecified atom stereocenters. The molecule has 0 bridgehead atoms. The summed E-state index contributed by atoms with van der Waals surface area (Å²) in [6, 6.07) is 12.3. The Kier molecular flexibility index (Phi) is 3.13. The first-order valence-electron chi connectivity index (χ1n) is 4.39. The van der Waals surface area contributed by atoms with Crippen molar-refractivity contribution in [3.05, 3.63) is 47.7 Å². The topological polar surface area (TPSA) is 13.1 Å². The molecule has 0 aliphatic rings. The van der Waals surface area contributed by atoms with E-state index in [1.54, 1.807) is 0 Å². The summed E-state index contributed by atoms with van der Waals surface area (Å²) in [5.41, 5.74) is 2.40. The maximum Gasteiger partial charge on any atom is 0.134 e. The van der Waals surface area contributed by atoms with Gasteiger partial charge in [-0.1, -0.05) is 31.2 Å². The van der Waals surface area contributed by atoms with Crippen LogP contribution >= 0.6 is 0 Å². The lowest BCUT2D eigenvalue weighted by Gasteiger charge is -1.97. The molecule has 0 fully saturated rings. The number of aryl methyl sites for hydroxylation is 2. The van der Waals surface area contributed by atoms with E-state index in [1.165, 1.54) is 5.56 Å². The minimum absolute atomic E-state index is 0. The van der Waals surface area contributed by atoms with E-state index >= 15 is 0 Å². The van der Waals surface area contributed by atoms with Crippen LogP contribution in [-0.4, -0.2) is 0 Å². The van der Waals surface area contributed by atoms with Crippen LogP contribution in [0.5, 0.6) is 0 Å². The Morgan fingerprint density at radius 3 is 2.36 bits per heavy atom. The third-order valence-electron chi connectivity index (χ3n) is 2.04. The highest BCUT2D eigenvalue weighted by Gasteiger charge is 2.01. The molecule has 1 aromatic heterocycles. The Morgan fingerprint density at radius 1 is 1.00 bits per heavy atom. The lowest BCUT2D eigenvalue weighted by molar-refractivity contribution is 0.548. The van der Waals surface area contributed by atoms with Gasteiger partial charge in [-0.05, 0) is 32.0 Å². The van der Waals surface area contributed by atoms with Gasteiger partial charge < -0.3 is 4.42 Å². The van der Waals surface area contributed by atoms with Crippen LogP contribution in [0.2, 0.25) is 0 Å². The molecular weight excluding hydrogens is 172 g/mol. The SMILES string of the molecule is C.Cc1cccc(-c2ccc(C)o2)c1. The van der Waals surface area contributed by atoms with E-state index in [4.69, 9.17) is 4.42 Å². The molecule has 0 saturated heterocycles. The van der Waals surface area contributed by atoms with Gasteiger partial charge in [-0.2, -0.15) is 0 Å². The molecular formula is C13H16O. The lowest BCUT2D eigenvalue weighted by atomic mass is 10.1. The summed E-state index contributed by atoms with van der Waals surface area (Å²) < 4.78 is 5.52. The molecule has 1 aromatic carbocycles. The van der Waals surface area contributed by atoms with Crippen molar-refractivity contribution in [1.82, 2.24) is 0 Å². The van der Waals surface area contributed by atoms with Gasteiger partial charge in [0.15, 0.2) is 0 Å². The summed E-state index contributed by atoms with van der Waals surface area (Å²) in [6.07, 6.45) is 0. The predicted molar refractivity (Wildman–Crippen MR) is 60.3 cm³/mol. The van der Waals surface area contributed by atoms with E-state index in [9.17, 15) is 0 Å². The molecule has 2 aromatic rings. The number of rotatable bonds is 1. The lowest BCUT2D eigenvalue weighted by Crippen LogP contribution is -1.75. The Labute approximate surface area is 85.4 Å². The third kappa shape index (κ3) is 2.05. The third-order valence-corrected chi connectivity index (χ3v) is 2.04. The van der Waals surface area contributed by atoms with Gasteiger partial charge in [0, 0.05) is 5.56 Å². The first-order valence-corrected chi connectivity index (χ1v) is 4.39. The van der Waals surface area contributed by atoms with E-state index in [2.05, 4.69) is 25.1 Å². The van der Waals surface area contributed by atoms with Crippen LogP contribution in [0.15, 0.2) is 40.8 Å². The standard InChI is InChI=1S/C12H12O.CH4/c1-9-4-3-5-11(8-9)12-7-6-10(2)13-12;/h3-8H,1-2H3;1H4. The molecule has 0 amide bonds. The number of hydrogen-bond acceptors (Lipinski definition) is 1. The zero-order valence-electron chi connectivity index (χ0n) is 7.87. The zero-order valence-corrected chi connectivity index (χ0v) is 7.87. The Hall–Kier alpha value is -1.50. The van der Waals surface area contributed by atoms with Crippen molar-refractivity contribution in [2.45, 2.75) is 21.3 Å². The van der Waals surface area contributed by atoms with Gasteiger partial charge >= 0.3 is 0 Å². The normalized spacial score (nSPS) is 9.57. The van der Waals surface area contributed by atoms with Crippen molar-refractivity contribution in [1.29, 1.82) is 0 Å². The van der Waals surface area contributed by atoms with Crippen molar-refractivity contribution in [2.24, 2.45) is 0 Å². The molecule has 0 atom stereocenters. The molecule has 14 heavy (non-hydrogen) atoms. The van der Waals surface area contributed by atoms with Crippen LogP contribution in [-0.2, 0) is 0 Å². The number of hydrogen-bond donors (Lipinski definition) is 0. The predicted octanol–water partition coefficient (Wildman–Crippen LogP) is 4.20. The second kappa shape index (κ2) is 4.14. The Morgan fingerprint density at radius 2 is 1.79 bits per heavy atom. The smallest absolute Gasteiger partial charge is 0.134 e. The van der Waals surface area contributed by atoms with Crippen molar-refractivity contribution in [3.8, 4) is 11.3 Å². The van der Waals surface area contributed by atoms with Crippen LogP contribution in [0.4, 0.5) is 0 Å². The summed E-state index contributed by atoms with van der Waals surface area (Å²) in [5, 5.41) is 0. The van der Waals surface area contributed by atoms with Crippen LogP contribution in [0.1, 0.15) is 18.8 Å². The van der Waals surface area contributed by atoms with Crippen molar-refractivity contribution < 1.29 is 4.42 Å². The highest BCUT2D eigenvalue weighted by Crippen LogP contribution is 2.22.